The van der Waals surface area contributed by atoms with Crippen molar-refractivity contribution >= 4 is 18.2 Å². The summed E-state index contributed by atoms with van der Waals surface area (Å²) < 4.78 is 6.41. The van der Waals surface area contributed by atoms with Crippen molar-refractivity contribution in [3.8, 4) is 5.75 Å². The fourth-order valence-corrected chi connectivity index (χ4v) is 5.64. The van der Waals surface area contributed by atoms with Crippen LogP contribution in [0.4, 0.5) is 0 Å². The van der Waals surface area contributed by atoms with E-state index in [4.69, 9.17) is 4.74 Å². The van der Waals surface area contributed by atoms with Crippen molar-refractivity contribution in [1.29, 1.82) is 0 Å². The van der Waals surface area contributed by atoms with Gasteiger partial charge >= 0.3 is 0 Å². The van der Waals surface area contributed by atoms with Crippen LogP contribution >= 0.6 is 0 Å². The Hall–Kier alpha value is -3.43. The van der Waals surface area contributed by atoms with Gasteiger partial charge in [0.1, 0.15) is 17.9 Å². The summed E-state index contributed by atoms with van der Waals surface area (Å²) in [5, 5.41) is 19.6. The van der Waals surface area contributed by atoms with Gasteiger partial charge in [0.05, 0.1) is 11.6 Å². The van der Waals surface area contributed by atoms with Crippen LogP contribution in [0.1, 0.15) is 77.5 Å². The van der Waals surface area contributed by atoms with E-state index in [-0.39, 0.29) is 23.8 Å². The van der Waals surface area contributed by atoms with Crippen molar-refractivity contribution in [2.45, 2.75) is 104 Å². The van der Waals surface area contributed by atoms with Crippen molar-refractivity contribution in [3.63, 3.8) is 0 Å². The highest BCUT2D eigenvalue weighted by atomic mass is 16.5. The molecule has 1 aliphatic rings. The third-order valence-corrected chi connectivity index (χ3v) is 8.35. The minimum atomic E-state index is -1.41. The molecule has 4 N–H and O–H groups in total. The number of rotatable bonds is 16. The summed E-state index contributed by atoms with van der Waals surface area (Å²) in [4.78, 5) is 38.3. The number of carbonyl (C=O) groups excluding carboxylic acids is 3. The molecule has 250 valence electrons. The monoisotopic (exact) mass is 624 g/mol. The summed E-state index contributed by atoms with van der Waals surface area (Å²) in [6.07, 6.45) is 5.89. The fraction of sp³-hybridized carbons (Fsp3) is 0.583. The first-order valence-corrected chi connectivity index (χ1v) is 16.5. The lowest BCUT2D eigenvalue weighted by atomic mass is 9.92. The van der Waals surface area contributed by atoms with E-state index in [2.05, 4.69) is 59.3 Å². The number of fused-ring (bicyclic) bond motifs is 1. The van der Waals surface area contributed by atoms with Gasteiger partial charge in [0.2, 0.25) is 18.2 Å². The molecule has 3 rings (SSSR count). The molecule has 4 unspecified atom stereocenters. The molecule has 0 fully saturated rings. The lowest BCUT2D eigenvalue weighted by Gasteiger charge is -2.38. The van der Waals surface area contributed by atoms with Crippen LogP contribution in [-0.4, -0.2) is 78.7 Å². The number of nitrogens with zero attached hydrogens (tertiary/aromatic N) is 1. The molecule has 45 heavy (non-hydrogen) atoms. The molecule has 0 saturated heterocycles. The third kappa shape index (κ3) is 11.8. The topological polar surface area (TPSA) is 120 Å². The number of hydrogen-bond donors (Lipinski definition) is 4. The van der Waals surface area contributed by atoms with Gasteiger partial charge < -0.3 is 30.7 Å². The standard InChI is InChI=1S/C28H46N4O5.C8H10/c1-7-19(3)23(27(35)32(6)25(28(4,5)36)26(34)30-8-2)31-17-22-15-14-21-12-9-11-20(24(21)37-22)13-10-16-29-18-33;1-2-8-6-4-3-5-7-8/h9,11-12,18-19,22-23,25,31,36H,7-8,10,13-17H2,1-6H3,(H,29,33)(H,30,34);3-7H,2H2,1H3. The number of hydrogen-bond acceptors (Lipinski definition) is 6. The number of nitrogens with one attached hydrogen (secondary N) is 3. The second-order valence-corrected chi connectivity index (χ2v) is 12.4. The van der Waals surface area contributed by atoms with Crippen LogP contribution in [-0.2, 0) is 33.6 Å². The van der Waals surface area contributed by atoms with E-state index in [0.29, 0.717) is 26.0 Å². The maximum atomic E-state index is 13.6. The van der Waals surface area contributed by atoms with Crippen molar-refractivity contribution in [2.24, 2.45) is 5.92 Å². The van der Waals surface area contributed by atoms with Crippen LogP contribution in [0.3, 0.4) is 0 Å². The van der Waals surface area contributed by atoms with Gasteiger partial charge in [-0.15, -0.1) is 0 Å². The first-order chi connectivity index (χ1) is 21.5. The van der Waals surface area contributed by atoms with Crippen LogP contribution in [0, 0.1) is 5.92 Å². The highest BCUT2D eigenvalue weighted by Crippen LogP contribution is 2.32. The Balaban J connectivity index is 0.000000761. The number of ether oxygens (including phenoxy) is 1. The van der Waals surface area contributed by atoms with Crippen LogP contribution in [0.5, 0.6) is 5.75 Å². The fourth-order valence-electron chi connectivity index (χ4n) is 5.64. The molecule has 4 atom stereocenters. The molecule has 9 heteroatoms. The van der Waals surface area contributed by atoms with Gasteiger partial charge in [-0.05, 0) is 75.5 Å². The summed E-state index contributed by atoms with van der Waals surface area (Å²) in [7, 11) is 1.58. The van der Waals surface area contributed by atoms with Gasteiger partial charge in [0.25, 0.3) is 0 Å². The molecule has 2 aromatic carbocycles. The second kappa shape index (κ2) is 19.2. The maximum absolute atomic E-state index is 13.6. The molecule has 0 aliphatic carbocycles. The first kappa shape index (κ1) is 37.8. The molecule has 0 spiro atoms. The second-order valence-electron chi connectivity index (χ2n) is 12.4. The lowest BCUT2D eigenvalue weighted by molar-refractivity contribution is -0.149. The minimum Gasteiger partial charge on any atom is -0.489 e. The number of amides is 3. The van der Waals surface area contributed by atoms with E-state index < -0.39 is 17.7 Å². The number of benzene rings is 2. The Bertz CT molecular complexity index is 1180. The van der Waals surface area contributed by atoms with Gasteiger partial charge in [-0.2, -0.15) is 0 Å². The third-order valence-electron chi connectivity index (χ3n) is 8.35. The Morgan fingerprint density at radius 3 is 2.40 bits per heavy atom. The zero-order valence-electron chi connectivity index (χ0n) is 28.4. The first-order valence-electron chi connectivity index (χ1n) is 16.5. The quantitative estimate of drug-likeness (QED) is 0.165. The van der Waals surface area contributed by atoms with Gasteiger partial charge in [-0.3, -0.25) is 14.4 Å². The molecule has 2 aromatic rings. The summed E-state index contributed by atoms with van der Waals surface area (Å²) in [6, 6.07) is 15.1. The van der Waals surface area contributed by atoms with E-state index in [1.165, 1.54) is 16.0 Å². The van der Waals surface area contributed by atoms with Gasteiger partial charge in [-0.25, -0.2) is 0 Å². The zero-order chi connectivity index (χ0) is 33.4. The van der Waals surface area contributed by atoms with E-state index in [1.54, 1.807) is 27.8 Å². The van der Waals surface area contributed by atoms with E-state index >= 15 is 0 Å². The molecule has 3 amide bonds. The average Bonchev–Trinajstić information content (AvgIpc) is 3.03. The summed E-state index contributed by atoms with van der Waals surface area (Å²) >= 11 is 0. The minimum absolute atomic E-state index is 0.0170. The van der Waals surface area contributed by atoms with Crippen molar-refractivity contribution in [1.82, 2.24) is 20.9 Å². The normalized spacial score (nSPS) is 16.0. The maximum Gasteiger partial charge on any atom is 0.245 e. The van der Waals surface area contributed by atoms with Crippen molar-refractivity contribution < 1.29 is 24.2 Å². The molecular formula is C36H56N4O5. The number of aryl methyl sites for hydroxylation is 3. The molecule has 9 nitrogen and oxygen atoms in total. The molecule has 0 bridgehead atoms. The van der Waals surface area contributed by atoms with Gasteiger partial charge in [-0.1, -0.05) is 75.7 Å². The SMILES string of the molecule is CCNC(=O)C(N(C)C(=O)C(NCC1CCc2cccc(CCCNC=O)c2O1)C(C)CC)C(C)(C)O.CCc1ccccc1. The Kier molecular flexibility index (Phi) is 16.1. The van der Waals surface area contributed by atoms with Crippen molar-refractivity contribution in [3.05, 3.63) is 65.2 Å². The number of aliphatic hydroxyl groups is 1. The van der Waals surface area contributed by atoms with Crippen LogP contribution < -0.4 is 20.7 Å². The molecule has 0 aromatic heterocycles. The highest BCUT2D eigenvalue weighted by molar-refractivity contribution is 5.90. The Morgan fingerprint density at radius 2 is 1.82 bits per heavy atom. The molecule has 0 radical (unpaired) electrons. The summed E-state index contributed by atoms with van der Waals surface area (Å²) in [5.74, 6) is 0.320. The van der Waals surface area contributed by atoms with Crippen LogP contribution in [0.2, 0.25) is 0 Å². The number of para-hydroxylation sites is 1. The predicted molar refractivity (Wildman–Crippen MR) is 180 cm³/mol. The molecule has 0 saturated carbocycles. The molecule has 1 aliphatic heterocycles. The largest absolute Gasteiger partial charge is 0.489 e. The van der Waals surface area contributed by atoms with E-state index in [9.17, 15) is 19.5 Å². The average molecular weight is 625 g/mol. The summed E-state index contributed by atoms with van der Waals surface area (Å²) in [5.41, 5.74) is 2.31. The molecular weight excluding hydrogens is 568 g/mol. The lowest BCUT2D eigenvalue weighted by Crippen LogP contribution is -2.62. The van der Waals surface area contributed by atoms with E-state index in [1.807, 2.05) is 26.0 Å². The highest BCUT2D eigenvalue weighted by Gasteiger charge is 2.41. The molecule has 1 heterocycles. The Labute approximate surface area is 270 Å². The zero-order valence-corrected chi connectivity index (χ0v) is 28.4. The van der Waals surface area contributed by atoms with Gasteiger partial charge in [0.15, 0.2) is 0 Å². The number of likely N-dealkylation sites (N-methyl/N-ethyl adjacent to an activating group) is 2. The predicted octanol–water partition coefficient (Wildman–Crippen LogP) is 4.05. The summed E-state index contributed by atoms with van der Waals surface area (Å²) in [6.45, 7) is 12.6. The Morgan fingerprint density at radius 1 is 1.11 bits per heavy atom. The van der Waals surface area contributed by atoms with Gasteiger partial charge in [0, 0.05) is 26.7 Å². The van der Waals surface area contributed by atoms with Crippen molar-refractivity contribution in [2.75, 3.05) is 26.7 Å². The number of carbonyl (C=O) groups is 3. The van der Waals surface area contributed by atoms with Crippen LogP contribution in [0.25, 0.3) is 0 Å². The smallest absolute Gasteiger partial charge is 0.245 e. The van der Waals surface area contributed by atoms with E-state index in [0.717, 1.165) is 49.8 Å². The van der Waals surface area contributed by atoms with Crippen LogP contribution in [0.15, 0.2) is 48.5 Å².